The van der Waals surface area contributed by atoms with Gasteiger partial charge in [0.15, 0.2) is 0 Å². The van der Waals surface area contributed by atoms with E-state index >= 15 is 0 Å². The number of nitrogens with one attached hydrogen (secondary N) is 1. The Morgan fingerprint density at radius 1 is 1.16 bits per heavy atom. The molecule has 0 unspecified atom stereocenters. The number of hydrogen-bond acceptors (Lipinski definition) is 3. The average molecular weight is 337 g/mol. The standard InChI is InChI=1S/C21H27N3O/c1-14-7-9-17(10-8-14)21(25)23-19-13-20(15(2)12-18(19)22)24-11-5-4-6-16(24)3/h7-10,12-13,16H,4-6,11,22H2,1-3H3,(H,23,25)/t16-/m1/s1. The fourth-order valence-electron chi connectivity index (χ4n) is 3.49. The Morgan fingerprint density at radius 3 is 2.56 bits per heavy atom. The van der Waals surface area contributed by atoms with Crippen LogP contribution in [0.3, 0.4) is 0 Å². The van der Waals surface area contributed by atoms with E-state index in [4.69, 9.17) is 5.73 Å². The van der Waals surface area contributed by atoms with Gasteiger partial charge in [-0.2, -0.15) is 0 Å². The molecule has 1 heterocycles. The van der Waals surface area contributed by atoms with Gasteiger partial charge in [0.25, 0.3) is 5.91 Å². The first-order valence-corrected chi connectivity index (χ1v) is 9.00. The maximum atomic E-state index is 12.5. The maximum absolute atomic E-state index is 12.5. The molecule has 2 aromatic rings. The van der Waals surface area contributed by atoms with E-state index in [2.05, 4.69) is 24.1 Å². The molecule has 1 aliphatic rings. The second-order valence-corrected chi connectivity index (χ2v) is 7.08. The quantitative estimate of drug-likeness (QED) is 0.810. The summed E-state index contributed by atoms with van der Waals surface area (Å²) in [5.74, 6) is -0.131. The van der Waals surface area contributed by atoms with Crippen LogP contribution in [-0.4, -0.2) is 18.5 Å². The van der Waals surface area contributed by atoms with Gasteiger partial charge in [0.1, 0.15) is 0 Å². The third kappa shape index (κ3) is 3.78. The summed E-state index contributed by atoms with van der Waals surface area (Å²) >= 11 is 0. The molecule has 1 amide bonds. The number of piperidine rings is 1. The molecule has 1 atom stereocenters. The van der Waals surface area contributed by atoms with Crippen molar-refractivity contribution < 1.29 is 4.79 Å². The van der Waals surface area contributed by atoms with Crippen molar-refractivity contribution in [2.45, 2.75) is 46.1 Å². The lowest BCUT2D eigenvalue weighted by atomic mass is 10.0. The summed E-state index contributed by atoms with van der Waals surface area (Å²) in [4.78, 5) is 15.0. The summed E-state index contributed by atoms with van der Waals surface area (Å²) in [7, 11) is 0. The molecule has 4 heteroatoms. The molecular formula is C21H27N3O. The fourth-order valence-corrected chi connectivity index (χ4v) is 3.49. The van der Waals surface area contributed by atoms with Gasteiger partial charge in [-0.3, -0.25) is 4.79 Å². The normalized spacial score (nSPS) is 17.4. The van der Waals surface area contributed by atoms with Gasteiger partial charge in [-0.15, -0.1) is 0 Å². The Balaban J connectivity index is 1.87. The van der Waals surface area contributed by atoms with Crippen molar-refractivity contribution in [3.8, 4) is 0 Å². The van der Waals surface area contributed by atoms with Gasteiger partial charge < -0.3 is 16.0 Å². The summed E-state index contributed by atoms with van der Waals surface area (Å²) < 4.78 is 0. The first kappa shape index (κ1) is 17.3. The minimum Gasteiger partial charge on any atom is -0.397 e. The van der Waals surface area contributed by atoms with E-state index in [-0.39, 0.29) is 5.91 Å². The highest BCUT2D eigenvalue weighted by Crippen LogP contribution is 2.33. The number of nitrogens with two attached hydrogens (primary N) is 1. The van der Waals surface area contributed by atoms with E-state index in [0.717, 1.165) is 17.7 Å². The molecule has 3 N–H and O–H groups in total. The van der Waals surface area contributed by atoms with Crippen molar-refractivity contribution in [2.75, 3.05) is 22.5 Å². The third-order valence-corrected chi connectivity index (χ3v) is 5.04. The number of anilines is 3. The van der Waals surface area contributed by atoms with E-state index in [1.807, 2.05) is 43.3 Å². The van der Waals surface area contributed by atoms with E-state index in [9.17, 15) is 4.79 Å². The molecule has 0 aromatic heterocycles. The second-order valence-electron chi connectivity index (χ2n) is 7.08. The lowest BCUT2D eigenvalue weighted by Crippen LogP contribution is -2.37. The number of benzene rings is 2. The second kappa shape index (κ2) is 7.18. The van der Waals surface area contributed by atoms with Crippen LogP contribution in [-0.2, 0) is 0 Å². The van der Waals surface area contributed by atoms with E-state index in [1.165, 1.54) is 24.9 Å². The van der Waals surface area contributed by atoms with Crippen LogP contribution in [0, 0.1) is 13.8 Å². The maximum Gasteiger partial charge on any atom is 0.255 e. The van der Waals surface area contributed by atoms with Gasteiger partial charge in [-0.05, 0) is 69.9 Å². The zero-order valence-electron chi connectivity index (χ0n) is 15.3. The highest BCUT2D eigenvalue weighted by atomic mass is 16.1. The number of carbonyl (C=O) groups is 1. The van der Waals surface area contributed by atoms with Gasteiger partial charge >= 0.3 is 0 Å². The van der Waals surface area contributed by atoms with Crippen LogP contribution in [0.5, 0.6) is 0 Å². The Kier molecular flexibility index (Phi) is 4.98. The topological polar surface area (TPSA) is 58.4 Å². The minimum atomic E-state index is -0.131. The summed E-state index contributed by atoms with van der Waals surface area (Å²) in [6.45, 7) is 7.40. The molecular weight excluding hydrogens is 310 g/mol. The van der Waals surface area contributed by atoms with Crippen molar-refractivity contribution in [3.05, 3.63) is 53.1 Å². The number of rotatable bonds is 3. The van der Waals surface area contributed by atoms with Crippen LogP contribution in [0.1, 0.15) is 47.7 Å². The van der Waals surface area contributed by atoms with Gasteiger partial charge in [0.2, 0.25) is 0 Å². The molecule has 4 nitrogen and oxygen atoms in total. The molecule has 1 fully saturated rings. The lowest BCUT2D eigenvalue weighted by molar-refractivity contribution is 0.102. The molecule has 25 heavy (non-hydrogen) atoms. The molecule has 1 saturated heterocycles. The Labute approximate surface area is 150 Å². The van der Waals surface area contributed by atoms with Gasteiger partial charge in [0.05, 0.1) is 11.4 Å². The number of carbonyl (C=O) groups excluding carboxylic acids is 1. The molecule has 0 saturated carbocycles. The van der Waals surface area contributed by atoms with Crippen LogP contribution >= 0.6 is 0 Å². The molecule has 1 aliphatic heterocycles. The van der Waals surface area contributed by atoms with Crippen LogP contribution in [0.4, 0.5) is 17.1 Å². The molecule has 3 rings (SSSR count). The largest absolute Gasteiger partial charge is 0.397 e. The first-order chi connectivity index (χ1) is 12.0. The Morgan fingerprint density at radius 2 is 1.88 bits per heavy atom. The van der Waals surface area contributed by atoms with E-state index in [0.29, 0.717) is 23.0 Å². The fraction of sp³-hybridized carbons (Fsp3) is 0.381. The van der Waals surface area contributed by atoms with E-state index in [1.54, 1.807) is 0 Å². The zero-order chi connectivity index (χ0) is 18.0. The average Bonchev–Trinajstić information content (AvgIpc) is 2.58. The zero-order valence-corrected chi connectivity index (χ0v) is 15.3. The predicted molar refractivity (Wildman–Crippen MR) is 105 cm³/mol. The van der Waals surface area contributed by atoms with Crippen LogP contribution < -0.4 is 16.0 Å². The number of amides is 1. The highest BCUT2D eigenvalue weighted by molar-refractivity contribution is 6.06. The highest BCUT2D eigenvalue weighted by Gasteiger charge is 2.21. The predicted octanol–water partition coefficient (Wildman–Crippen LogP) is 4.52. The summed E-state index contributed by atoms with van der Waals surface area (Å²) in [6, 6.07) is 12.0. The van der Waals surface area contributed by atoms with Crippen molar-refractivity contribution in [1.82, 2.24) is 0 Å². The van der Waals surface area contributed by atoms with Crippen molar-refractivity contribution in [1.29, 1.82) is 0 Å². The minimum absolute atomic E-state index is 0.131. The van der Waals surface area contributed by atoms with Gasteiger partial charge in [-0.25, -0.2) is 0 Å². The number of nitrogen functional groups attached to an aromatic ring is 1. The molecule has 132 valence electrons. The van der Waals surface area contributed by atoms with Crippen molar-refractivity contribution >= 4 is 23.0 Å². The van der Waals surface area contributed by atoms with Gasteiger partial charge in [-0.1, -0.05) is 17.7 Å². The number of hydrogen-bond donors (Lipinski definition) is 2. The first-order valence-electron chi connectivity index (χ1n) is 9.00. The number of aryl methyl sites for hydroxylation is 2. The summed E-state index contributed by atoms with van der Waals surface area (Å²) in [5.41, 5.74) is 11.5. The molecule has 0 spiro atoms. The van der Waals surface area contributed by atoms with Crippen LogP contribution in [0.25, 0.3) is 0 Å². The smallest absolute Gasteiger partial charge is 0.255 e. The number of nitrogens with zero attached hydrogens (tertiary/aromatic N) is 1. The van der Waals surface area contributed by atoms with E-state index < -0.39 is 0 Å². The Hall–Kier alpha value is -2.49. The third-order valence-electron chi connectivity index (χ3n) is 5.04. The molecule has 2 aromatic carbocycles. The summed E-state index contributed by atoms with van der Waals surface area (Å²) in [6.07, 6.45) is 3.69. The monoisotopic (exact) mass is 337 g/mol. The molecule has 0 aliphatic carbocycles. The summed E-state index contributed by atoms with van der Waals surface area (Å²) in [5, 5.41) is 2.98. The van der Waals surface area contributed by atoms with Crippen LogP contribution in [0.15, 0.2) is 36.4 Å². The van der Waals surface area contributed by atoms with Crippen molar-refractivity contribution in [2.24, 2.45) is 0 Å². The van der Waals surface area contributed by atoms with Gasteiger partial charge in [0, 0.05) is 23.8 Å². The van der Waals surface area contributed by atoms with Crippen molar-refractivity contribution in [3.63, 3.8) is 0 Å². The SMILES string of the molecule is Cc1ccc(C(=O)Nc2cc(N3CCCC[C@H]3C)c(C)cc2N)cc1. The molecule has 0 bridgehead atoms. The Bertz CT molecular complexity index is 767. The molecule has 0 radical (unpaired) electrons. The lowest BCUT2D eigenvalue weighted by Gasteiger charge is -2.36. The van der Waals surface area contributed by atoms with Crippen LogP contribution in [0.2, 0.25) is 0 Å².